The monoisotopic (exact) mass is 153 g/mol. The summed E-state index contributed by atoms with van der Waals surface area (Å²) in [6.07, 6.45) is 4.12. The Morgan fingerprint density at radius 3 is 2.91 bits per heavy atom. The van der Waals surface area contributed by atoms with Crippen LogP contribution in [0.5, 0.6) is 0 Å². The molecule has 0 spiro atoms. The molecular formula is C8H15N3. The van der Waals surface area contributed by atoms with E-state index in [1.807, 2.05) is 25.0 Å². The van der Waals surface area contributed by atoms with Crippen molar-refractivity contribution in [2.75, 3.05) is 12.4 Å². The maximum Gasteiger partial charge on any atom is 0.0756 e. The first-order chi connectivity index (χ1) is 5.29. The smallest absolute Gasteiger partial charge is 0.0756 e. The minimum Gasteiger partial charge on any atom is -0.385 e. The van der Waals surface area contributed by atoms with Crippen molar-refractivity contribution in [1.82, 2.24) is 9.78 Å². The molecule has 0 aromatic carbocycles. The van der Waals surface area contributed by atoms with Crippen molar-refractivity contribution >= 4 is 5.69 Å². The number of nitrogens with zero attached hydrogens (tertiary/aromatic N) is 2. The van der Waals surface area contributed by atoms with E-state index >= 15 is 0 Å². The van der Waals surface area contributed by atoms with Gasteiger partial charge in [0.05, 0.1) is 17.6 Å². The molecule has 0 saturated heterocycles. The zero-order chi connectivity index (χ0) is 8.27. The highest BCUT2D eigenvalue weighted by Crippen LogP contribution is 2.14. The van der Waals surface area contributed by atoms with Crippen LogP contribution < -0.4 is 5.32 Å². The minimum absolute atomic E-state index is 1.09. The van der Waals surface area contributed by atoms with Crippen LogP contribution in [0.4, 0.5) is 5.69 Å². The fourth-order valence-corrected chi connectivity index (χ4v) is 1.20. The minimum atomic E-state index is 1.09. The molecule has 0 atom stereocenters. The topological polar surface area (TPSA) is 29.9 Å². The number of nitrogens with one attached hydrogen (secondary N) is 1. The molecule has 0 saturated carbocycles. The van der Waals surface area contributed by atoms with Gasteiger partial charge >= 0.3 is 0 Å². The van der Waals surface area contributed by atoms with Gasteiger partial charge in [-0.1, -0.05) is 13.3 Å². The van der Waals surface area contributed by atoms with Crippen LogP contribution in [0.1, 0.15) is 19.0 Å². The van der Waals surface area contributed by atoms with Gasteiger partial charge in [-0.25, -0.2) is 0 Å². The fourth-order valence-electron chi connectivity index (χ4n) is 1.20. The quantitative estimate of drug-likeness (QED) is 0.711. The zero-order valence-electron chi connectivity index (χ0n) is 7.39. The standard InChI is InChI=1S/C8H15N3/c1-4-5-8-7(9-2)6-10-11(8)3/h6,9H,4-5H2,1-3H3. The van der Waals surface area contributed by atoms with Gasteiger partial charge in [-0.05, 0) is 6.42 Å². The lowest BCUT2D eigenvalue weighted by Crippen LogP contribution is -2.00. The second-order valence-electron chi connectivity index (χ2n) is 2.63. The first-order valence-corrected chi connectivity index (χ1v) is 3.98. The molecule has 1 aromatic rings. The predicted molar refractivity (Wildman–Crippen MR) is 46.7 cm³/mol. The van der Waals surface area contributed by atoms with Gasteiger partial charge in [-0.15, -0.1) is 0 Å². The third-order valence-electron chi connectivity index (χ3n) is 1.82. The molecule has 0 fully saturated rings. The van der Waals surface area contributed by atoms with Crippen molar-refractivity contribution in [2.45, 2.75) is 19.8 Å². The Hall–Kier alpha value is -0.990. The summed E-state index contributed by atoms with van der Waals surface area (Å²) in [5, 5.41) is 7.28. The summed E-state index contributed by atoms with van der Waals surface area (Å²) in [6, 6.07) is 0. The number of hydrogen-bond acceptors (Lipinski definition) is 2. The molecule has 3 nitrogen and oxygen atoms in total. The number of aryl methyl sites for hydroxylation is 1. The summed E-state index contributed by atoms with van der Waals surface area (Å²) in [6.45, 7) is 2.17. The van der Waals surface area contributed by atoms with Crippen LogP contribution in [0.25, 0.3) is 0 Å². The van der Waals surface area contributed by atoms with E-state index in [4.69, 9.17) is 0 Å². The van der Waals surface area contributed by atoms with Crippen LogP contribution in [0.3, 0.4) is 0 Å². The van der Waals surface area contributed by atoms with Crippen molar-refractivity contribution in [2.24, 2.45) is 7.05 Å². The molecular weight excluding hydrogens is 138 g/mol. The molecule has 1 aromatic heterocycles. The van der Waals surface area contributed by atoms with Crippen LogP contribution in [-0.2, 0) is 13.5 Å². The third-order valence-corrected chi connectivity index (χ3v) is 1.82. The van der Waals surface area contributed by atoms with Crippen molar-refractivity contribution in [3.63, 3.8) is 0 Å². The third kappa shape index (κ3) is 1.53. The lowest BCUT2D eigenvalue weighted by Gasteiger charge is -2.02. The maximum atomic E-state index is 4.16. The SMILES string of the molecule is CCCc1c(NC)cnn1C. The van der Waals surface area contributed by atoms with Gasteiger partial charge in [0.2, 0.25) is 0 Å². The Morgan fingerprint density at radius 1 is 1.64 bits per heavy atom. The average Bonchev–Trinajstić information content (AvgIpc) is 2.34. The first-order valence-electron chi connectivity index (χ1n) is 3.98. The normalized spacial score (nSPS) is 10.1. The predicted octanol–water partition coefficient (Wildman–Crippen LogP) is 1.41. The molecule has 1 heterocycles. The van der Waals surface area contributed by atoms with E-state index in [9.17, 15) is 0 Å². The number of anilines is 1. The van der Waals surface area contributed by atoms with E-state index in [1.165, 1.54) is 5.69 Å². The Labute approximate surface area is 67.4 Å². The fraction of sp³-hybridized carbons (Fsp3) is 0.625. The van der Waals surface area contributed by atoms with E-state index < -0.39 is 0 Å². The molecule has 62 valence electrons. The first kappa shape index (κ1) is 8.11. The maximum absolute atomic E-state index is 4.16. The summed E-state index contributed by atoms with van der Waals surface area (Å²) >= 11 is 0. The van der Waals surface area contributed by atoms with Crippen molar-refractivity contribution in [1.29, 1.82) is 0 Å². The van der Waals surface area contributed by atoms with Crippen molar-refractivity contribution in [3.05, 3.63) is 11.9 Å². The van der Waals surface area contributed by atoms with Gasteiger partial charge in [-0.2, -0.15) is 5.10 Å². The van der Waals surface area contributed by atoms with Crippen LogP contribution in [0.2, 0.25) is 0 Å². The summed E-state index contributed by atoms with van der Waals surface area (Å²) in [5.41, 5.74) is 2.43. The molecule has 0 bridgehead atoms. The summed E-state index contributed by atoms with van der Waals surface area (Å²) in [4.78, 5) is 0. The lowest BCUT2D eigenvalue weighted by atomic mass is 10.2. The molecule has 0 unspecified atom stereocenters. The Morgan fingerprint density at radius 2 is 2.36 bits per heavy atom. The molecule has 0 aliphatic rings. The zero-order valence-corrected chi connectivity index (χ0v) is 7.39. The van der Waals surface area contributed by atoms with Crippen molar-refractivity contribution in [3.8, 4) is 0 Å². The summed E-state index contributed by atoms with van der Waals surface area (Å²) < 4.78 is 1.93. The molecule has 3 heteroatoms. The second kappa shape index (κ2) is 3.42. The molecule has 0 radical (unpaired) electrons. The highest BCUT2D eigenvalue weighted by molar-refractivity contribution is 5.45. The lowest BCUT2D eigenvalue weighted by molar-refractivity contribution is 0.698. The van der Waals surface area contributed by atoms with E-state index in [-0.39, 0.29) is 0 Å². The summed E-state index contributed by atoms with van der Waals surface area (Å²) in [5.74, 6) is 0. The highest BCUT2D eigenvalue weighted by atomic mass is 15.3. The van der Waals surface area contributed by atoms with Gasteiger partial charge in [-0.3, -0.25) is 4.68 Å². The highest BCUT2D eigenvalue weighted by Gasteiger charge is 2.04. The molecule has 0 aliphatic heterocycles. The largest absolute Gasteiger partial charge is 0.385 e. The number of hydrogen-bond donors (Lipinski definition) is 1. The van der Waals surface area contributed by atoms with Crippen LogP contribution in [0, 0.1) is 0 Å². The van der Waals surface area contributed by atoms with Crippen LogP contribution in [0.15, 0.2) is 6.20 Å². The average molecular weight is 153 g/mol. The molecule has 0 amide bonds. The van der Waals surface area contributed by atoms with Gasteiger partial charge in [0.1, 0.15) is 0 Å². The Bertz CT molecular complexity index is 227. The van der Waals surface area contributed by atoms with E-state index in [1.54, 1.807) is 0 Å². The molecule has 1 N–H and O–H groups in total. The Balaban J connectivity index is 2.88. The second-order valence-corrected chi connectivity index (χ2v) is 2.63. The molecule has 11 heavy (non-hydrogen) atoms. The molecule has 1 rings (SSSR count). The number of rotatable bonds is 3. The van der Waals surface area contributed by atoms with E-state index in [0.717, 1.165) is 18.5 Å². The van der Waals surface area contributed by atoms with Crippen molar-refractivity contribution < 1.29 is 0 Å². The van der Waals surface area contributed by atoms with Gasteiger partial charge in [0.15, 0.2) is 0 Å². The van der Waals surface area contributed by atoms with Crippen LogP contribution in [-0.4, -0.2) is 16.8 Å². The van der Waals surface area contributed by atoms with Crippen LogP contribution >= 0.6 is 0 Å². The van der Waals surface area contributed by atoms with E-state index in [2.05, 4.69) is 17.3 Å². The number of aromatic nitrogens is 2. The Kier molecular flexibility index (Phi) is 2.52. The van der Waals surface area contributed by atoms with E-state index in [0.29, 0.717) is 0 Å². The van der Waals surface area contributed by atoms with Gasteiger partial charge in [0, 0.05) is 14.1 Å². The summed E-state index contributed by atoms with van der Waals surface area (Å²) in [7, 11) is 3.90. The van der Waals surface area contributed by atoms with Gasteiger partial charge < -0.3 is 5.32 Å². The molecule has 0 aliphatic carbocycles. The van der Waals surface area contributed by atoms with Gasteiger partial charge in [0.25, 0.3) is 0 Å².